The molecule has 2 aliphatic rings. The number of likely N-dealkylation sites (tertiary alicyclic amines) is 1. The van der Waals surface area contributed by atoms with E-state index in [9.17, 15) is 14.7 Å². The van der Waals surface area contributed by atoms with Crippen LogP contribution in [0.3, 0.4) is 0 Å². The van der Waals surface area contributed by atoms with Crippen LogP contribution in [-0.2, 0) is 9.59 Å². The minimum absolute atomic E-state index is 0.0554. The van der Waals surface area contributed by atoms with E-state index in [0.717, 1.165) is 25.7 Å². The number of hydrogen-bond donors (Lipinski definition) is 1. The van der Waals surface area contributed by atoms with Gasteiger partial charge >= 0.3 is 0 Å². The van der Waals surface area contributed by atoms with Crippen molar-refractivity contribution in [1.29, 1.82) is 0 Å². The van der Waals surface area contributed by atoms with Gasteiger partial charge in [-0.15, -0.1) is 0 Å². The van der Waals surface area contributed by atoms with Gasteiger partial charge in [0.05, 0.1) is 32.9 Å². The Morgan fingerprint density at radius 1 is 0.938 bits per heavy atom. The molecule has 1 aliphatic carbocycles. The summed E-state index contributed by atoms with van der Waals surface area (Å²) in [7, 11) is 4.61. The van der Waals surface area contributed by atoms with Crippen molar-refractivity contribution >= 4 is 17.4 Å². The zero-order valence-corrected chi connectivity index (χ0v) is 18.5. The van der Waals surface area contributed by atoms with Crippen molar-refractivity contribution in [2.75, 3.05) is 21.3 Å². The van der Waals surface area contributed by atoms with Gasteiger partial charge in [-0.05, 0) is 42.7 Å². The van der Waals surface area contributed by atoms with Crippen molar-refractivity contribution in [2.45, 2.75) is 37.8 Å². The summed E-state index contributed by atoms with van der Waals surface area (Å²) in [6, 6.07) is 11.3. The molecular weight excluding hydrogens is 410 g/mol. The third-order valence-corrected chi connectivity index (χ3v) is 6.26. The van der Waals surface area contributed by atoms with E-state index in [2.05, 4.69) is 0 Å². The Morgan fingerprint density at radius 2 is 1.66 bits per heavy atom. The van der Waals surface area contributed by atoms with Crippen LogP contribution in [0.2, 0.25) is 0 Å². The molecule has 0 radical (unpaired) electrons. The summed E-state index contributed by atoms with van der Waals surface area (Å²) >= 11 is 0. The van der Waals surface area contributed by atoms with Crippen LogP contribution in [0.25, 0.3) is 5.76 Å². The highest BCUT2D eigenvalue weighted by molar-refractivity contribution is 6.46. The molecule has 168 valence electrons. The Kier molecular flexibility index (Phi) is 6.08. The van der Waals surface area contributed by atoms with Gasteiger partial charge in [0.1, 0.15) is 11.5 Å². The fraction of sp³-hybridized carbons (Fsp3) is 0.360. The van der Waals surface area contributed by atoms with Gasteiger partial charge < -0.3 is 24.2 Å². The summed E-state index contributed by atoms with van der Waals surface area (Å²) in [6.07, 6.45) is 3.66. The zero-order chi connectivity index (χ0) is 22.8. The number of Topliss-reactive ketones (excluding diaryl/α,β-unsaturated/α-hetero) is 1. The first kappa shape index (κ1) is 21.7. The zero-order valence-electron chi connectivity index (χ0n) is 18.5. The molecule has 32 heavy (non-hydrogen) atoms. The van der Waals surface area contributed by atoms with Crippen molar-refractivity contribution in [1.82, 2.24) is 4.90 Å². The number of hydrogen-bond acceptors (Lipinski definition) is 6. The first-order chi connectivity index (χ1) is 15.5. The molecule has 1 saturated carbocycles. The molecule has 0 aromatic heterocycles. The van der Waals surface area contributed by atoms with E-state index in [1.807, 2.05) is 0 Å². The van der Waals surface area contributed by atoms with Gasteiger partial charge in [-0.1, -0.05) is 31.0 Å². The molecule has 1 heterocycles. The monoisotopic (exact) mass is 437 g/mol. The predicted octanol–water partition coefficient (Wildman–Crippen LogP) is 4.08. The minimum atomic E-state index is -0.718. The van der Waals surface area contributed by atoms with Crippen LogP contribution in [0.15, 0.2) is 48.0 Å². The van der Waals surface area contributed by atoms with E-state index in [1.165, 1.54) is 14.2 Å². The Bertz CT molecular complexity index is 1070. The highest BCUT2D eigenvalue weighted by Crippen LogP contribution is 2.45. The second-order valence-corrected chi connectivity index (χ2v) is 7.99. The number of ether oxygens (including phenoxy) is 3. The van der Waals surface area contributed by atoms with Crippen molar-refractivity contribution in [3.8, 4) is 17.2 Å². The Morgan fingerprint density at radius 3 is 2.31 bits per heavy atom. The molecule has 2 aromatic rings. The van der Waals surface area contributed by atoms with Crippen LogP contribution in [0, 0.1) is 0 Å². The van der Waals surface area contributed by atoms with E-state index < -0.39 is 17.7 Å². The fourth-order valence-electron chi connectivity index (χ4n) is 4.69. The highest BCUT2D eigenvalue weighted by atomic mass is 16.5. The van der Waals surface area contributed by atoms with Crippen LogP contribution < -0.4 is 14.2 Å². The number of aliphatic hydroxyl groups is 1. The fourth-order valence-corrected chi connectivity index (χ4v) is 4.69. The molecule has 0 bridgehead atoms. The van der Waals surface area contributed by atoms with Crippen molar-refractivity contribution < 1.29 is 28.9 Å². The molecule has 0 spiro atoms. The van der Waals surface area contributed by atoms with E-state index in [4.69, 9.17) is 14.2 Å². The maximum Gasteiger partial charge on any atom is 0.295 e. The molecule has 1 saturated heterocycles. The average Bonchev–Trinajstić information content (AvgIpc) is 3.45. The van der Waals surface area contributed by atoms with Crippen LogP contribution in [-0.4, -0.2) is 49.1 Å². The van der Waals surface area contributed by atoms with Gasteiger partial charge in [-0.2, -0.15) is 0 Å². The molecule has 7 nitrogen and oxygen atoms in total. The predicted molar refractivity (Wildman–Crippen MR) is 119 cm³/mol. The summed E-state index contributed by atoms with van der Waals surface area (Å²) in [6.45, 7) is 0. The molecule has 1 unspecified atom stereocenters. The Balaban J connectivity index is 1.90. The van der Waals surface area contributed by atoms with Gasteiger partial charge in [0.2, 0.25) is 0 Å². The van der Waals surface area contributed by atoms with Gasteiger partial charge in [0, 0.05) is 11.6 Å². The highest BCUT2D eigenvalue weighted by Gasteiger charge is 2.49. The van der Waals surface area contributed by atoms with Crippen LogP contribution in [0.5, 0.6) is 17.2 Å². The minimum Gasteiger partial charge on any atom is -0.507 e. The van der Waals surface area contributed by atoms with Gasteiger partial charge in [-0.25, -0.2) is 0 Å². The van der Waals surface area contributed by atoms with E-state index >= 15 is 0 Å². The SMILES string of the molecule is COc1cccc(/C(O)=C2/C(=O)C(=O)N(C3CCCC3)C2c2ccc(OC)c(OC)c2)c1. The second kappa shape index (κ2) is 8.94. The van der Waals surface area contributed by atoms with Gasteiger partial charge in [0.15, 0.2) is 11.5 Å². The number of benzene rings is 2. The molecule has 1 aliphatic heterocycles. The summed E-state index contributed by atoms with van der Waals surface area (Å²) in [4.78, 5) is 28.0. The normalized spacial score (nSPS) is 20.6. The standard InChI is InChI=1S/C25H27NO6/c1-30-18-10-6-7-16(13-18)23(27)21-22(15-11-12-19(31-2)20(14-15)32-3)26(25(29)24(21)28)17-8-4-5-9-17/h6-7,10-14,17,22,27H,4-5,8-9H2,1-3H3/b23-21-. The first-order valence-electron chi connectivity index (χ1n) is 10.7. The molecule has 4 rings (SSSR count). The van der Waals surface area contributed by atoms with E-state index in [0.29, 0.717) is 28.4 Å². The number of ketones is 1. The van der Waals surface area contributed by atoms with Crippen LogP contribution in [0.1, 0.15) is 42.9 Å². The molecule has 1 amide bonds. The number of rotatable bonds is 6. The average molecular weight is 437 g/mol. The third-order valence-electron chi connectivity index (χ3n) is 6.26. The number of aliphatic hydroxyl groups excluding tert-OH is 1. The summed E-state index contributed by atoms with van der Waals surface area (Å²) in [5.41, 5.74) is 1.17. The second-order valence-electron chi connectivity index (χ2n) is 7.99. The van der Waals surface area contributed by atoms with Gasteiger partial charge in [-0.3, -0.25) is 9.59 Å². The van der Waals surface area contributed by atoms with Crippen molar-refractivity contribution in [3.05, 3.63) is 59.2 Å². The van der Waals surface area contributed by atoms with Crippen LogP contribution >= 0.6 is 0 Å². The number of carbonyl (C=O) groups is 2. The molecule has 1 N–H and O–H groups in total. The Labute approximate surface area is 187 Å². The molecule has 2 aromatic carbocycles. The quantitative estimate of drug-likeness (QED) is 0.417. The lowest BCUT2D eigenvalue weighted by Gasteiger charge is -2.31. The molecular formula is C25H27NO6. The maximum atomic E-state index is 13.2. The van der Waals surface area contributed by atoms with Gasteiger partial charge in [0.25, 0.3) is 11.7 Å². The lowest BCUT2D eigenvalue weighted by atomic mass is 9.94. The molecule has 2 fully saturated rings. The maximum absolute atomic E-state index is 13.2. The number of amides is 1. The summed E-state index contributed by atoms with van der Waals surface area (Å²) < 4.78 is 16.1. The number of carbonyl (C=O) groups excluding carboxylic acids is 2. The third kappa shape index (κ3) is 3.68. The van der Waals surface area contributed by atoms with Crippen molar-refractivity contribution in [2.24, 2.45) is 0 Å². The molecule has 1 atom stereocenters. The Hall–Kier alpha value is -3.48. The lowest BCUT2D eigenvalue weighted by Crippen LogP contribution is -2.37. The van der Waals surface area contributed by atoms with Crippen LogP contribution in [0.4, 0.5) is 0 Å². The topological polar surface area (TPSA) is 85.3 Å². The first-order valence-corrected chi connectivity index (χ1v) is 10.7. The number of methoxy groups -OCH3 is 3. The van der Waals surface area contributed by atoms with E-state index in [1.54, 1.807) is 54.5 Å². The lowest BCUT2D eigenvalue weighted by molar-refractivity contribution is -0.141. The molecule has 7 heteroatoms. The largest absolute Gasteiger partial charge is 0.507 e. The summed E-state index contributed by atoms with van der Waals surface area (Å²) in [5.74, 6) is 0.0904. The number of nitrogens with zero attached hydrogens (tertiary/aromatic N) is 1. The summed E-state index contributed by atoms with van der Waals surface area (Å²) in [5, 5.41) is 11.2. The van der Waals surface area contributed by atoms with Crippen molar-refractivity contribution in [3.63, 3.8) is 0 Å². The van der Waals surface area contributed by atoms with E-state index in [-0.39, 0.29) is 17.4 Å². The smallest absolute Gasteiger partial charge is 0.295 e.